The molecule has 1 heterocycles. The highest BCUT2D eigenvalue weighted by molar-refractivity contribution is 7.87. The van der Waals surface area contributed by atoms with Crippen LogP contribution < -0.4 is 10.2 Å². The summed E-state index contributed by atoms with van der Waals surface area (Å²) in [7, 11) is -2.46. The third-order valence-corrected chi connectivity index (χ3v) is 6.89. The molecule has 1 atom stereocenters. The predicted octanol–water partition coefficient (Wildman–Crippen LogP) is 3.28. The highest BCUT2D eigenvalue weighted by Crippen LogP contribution is 2.37. The van der Waals surface area contributed by atoms with Crippen LogP contribution in [-0.2, 0) is 20.3 Å². The van der Waals surface area contributed by atoms with Gasteiger partial charge in [-0.15, -0.1) is 0 Å². The zero-order valence-electron chi connectivity index (χ0n) is 15.0. The van der Waals surface area contributed by atoms with Gasteiger partial charge in [0.05, 0.1) is 22.1 Å². The van der Waals surface area contributed by atoms with Crippen molar-refractivity contribution in [3.8, 4) is 0 Å². The average molecular weight is 371 g/mol. The molecule has 1 aromatic carbocycles. The van der Waals surface area contributed by atoms with E-state index in [9.17, 15) is 13.0 Å². The zero-order valence-corrected chi connectivity index (χ0v) is 15.8. The molecular formula is C17H24BF2NO3S. The maximum absolute atomic E-state index is 14.9. The Morgan fingerprint density at radius 3 is 2.24 bits per heavy atom. The lowest BCUT2D eigenvalue weighted by molar-refractivity contribution is 0.00578. The van der Waals surface area contributed by atoms with Gasteiger partial charge in [-0.3, -0.25) is 0 Å². The van der Waals surface area contributed by atoms with Gasteiger partial charge >= 0.3 is 7.12 Å². The summed E-state index contributed by atoms with van der Waals surface area (Å²) >= 11 is 0. The van der Waals surface area contributed by atoms with E-state index in [1.54, 1.807) is 0 Å². The van der Waals surface area contributed by atoms with Gasteiger partial charge in [0.25, 0.3) is 0 Å². The Kier molecular flexibility index (Phi) is 4.99. The first-order valence-corrected chi connectivity index (χ1v) is 9.84. The van der Waals surface area contributed by atoms with Crippen LogP contribution in [0.2, 0.25) is 0 Å². The second-order valence-corrected chi connectivity index (χ2v) is 9.22. The first-order chi connectivity index (χ1) is 11.6. The molecule has 2 aliphatic rings. The van der Waals surface area contributed by atoms with Gasteiger partial charge in [-0.2, -0.15) is 0 Å². The SMILES string of the molecule is CC1(C)OB(c2cc(F)cc(NS(=O)C3CCCC3)c2F)OC1(C)C. The molecule has 25 heavy (non-hydrogen) atoms. The molecule has 1 aliphatic heterocycles. The number of rotatable bonds is 4. The molecule has 3 rings (SSSR count). The second kappa shape index (κ2) is 6.63. The van der Waals surface area contributed by atoms with E-state index in [4.69, 9.17) is 9.31 Å². The van der Waals surface area contributed by atoms with Crippen LogP contribution in [0.15, 0.2) is 12.1 Å². The summed E-state index contributed by atoms with van der Waals surface area (Å²) < 4.78 is 55.6. The first-order valence-electron chi connectivity index (χ1n) is 8.62. The quantitative estimate of drug-likeness (QED) is 0.827. The first kappa shape index (κ1) is 18.8. The molecule has 1 N–H and O–H groups in total. The van der Waals surface area contributed by atoms with E-state index in [0.29, 0.717) is 0 Å². The lowest BCUT2D eigenvalue weighted by Gasteiger charge is -2.32. The molecule has 0 aromatic heterocycles. The molecule has 1 saturated heterocycles. The van der Waals surface area contributed by atoms with E-state index in [0.717, 1.165) is 37.8 Å². The van der Waals surface area contributed by atoms with Gasteiger partial charge in [0.15, 0.2) is 0 Å². The normalized spacial score (nSPS) is 23.8. The summed E-state index contributed by atoms with van der Waals surface area (Å²) in [5, 5.41) is -0.0250. The van der Waals surface area contributed by atoms with Crippen molar-refractivity contribution in [2.75, 3.05) is 4.72 Å². The van der Waals surface area contributed by atoms with Crippen molar-refractivity contribution >= 4 is 29.3 Å². The number of benzene rings is 1. The highest BCUT2D eigenvalue weighted by atomic mass is 32.2. The van der Waals surface area contributed by atoms with Gasteiger partial charge in [-0.25, -0.2) is 13.0 Å². The molecule has 0 radical (unpaired) electrons. The average Bonchev–Trinajstić information content (AvgIpc) is 3.09. The molecule has 8 heteroatoms. The van der Waals surface area contributed by atoms with Gasteiger partial charge < -0.3 is 14.0 Å². The van der Waals surface area contributed by atoms with Crippen LogP contribution in [0.1, 0.15) is 53.4 Å². The van der Waals surface area contributed by atoms with Crippen molar-refractivity contribution in [1.82, 2.24) is 0 Å². The maximum Gasteiger partial charge on any atom is 0.498 e. The molecule has 0 amide bonds. The summed E-state index contributed by atoms with van der Waals surface area (Å²) in [5.74, 6) is -1.32. The maximum atomic E-state index is 14.9. The fourth-order valence-corrected chi connectivity index (χ4v) is 4.41. The minimum atomic E-state index is -1.44. The van der Waals surface area contributed by atoms with E-state index in [2.05, 4.69) is 4.72 Å². The number of halogens is 2. The minimum absolute atomic E-state index is 0.0235. The number of anilines is 1. The Morgan fingerprint density at radius 1 is 1.12 bits per heavy atom. The molecule has 138 valence electrons. The monoisotopic (exact) mass is 371 g/mol. The Morgan fingerprint density at radius 2 is 1.68 bits per heavy atom. The Balaban J connectivity index is 1.87. The number of hydrogen-bond donors (Lipinski definition) is 1. The van der Waals surface area contributed by atoms with Gasteiger partial charge in [-0.05, 0) is 46.6 Å². The van der Waals surface area contributed by atoms with Crippen LogP contribution in [0.3, 0.4) is 0 Å². The van der Waals surface area contributed by atoms with Crippen molar-refractivity contribution in [3.05, 3.63) is 23.8 Å². The Bertz CT molecular complexity index is 677. The van der Waals surface area contributed by atoms with Gasteiger partial charge in [-0.1, -0.05) is 12.8 Å². The summed E-state index contributed by atoms with van der Waals surface area (Å²) in [5.41, 5.74) is -1.45. The lowest BCUT2D eigenvalue weighted by atomic mass is 9.78. The van der Waals surface area contributed by atoms with Gasteiger partial charge in [0.1, 0.15) is 22.6 Å². The second-order valence-electron chi connectivity index (χ2n) is 7.75. The smallest absolute Gasteiger partial charge is 0.399 e. The standard InChI is InChI=1S/C17H24BF2NO3S/c1-16(2)17(3,4)24-18(23-16)13-9-11(19)10-14(15(13)20)21-25(22)12-7-5-6-8-12/h9-10,12,21H,5-8H2,1-4H3. The molecule has 1 saturated carbocycles. The molecule has 1 aliphatic carbocycles. The zero-order chi connectivity index (χ0) is 18.4. The fraction of sp³-hybridized carbons (Fsp3) is 0.647. The molecule has 4 nitrogen and oxygen atoms in total. The summed E-state index contributed by atoms with van der Waals surface area (Å²) in [6.07, 6.45) is 3.70. The minimum Gasteiger partial charge on any atom is -0.399 e. The van der Waals surface area contributed by atoms with Crippen molar-refractivity contribution in [3.63, 3.8) is 0 Å². The lowest BCUT2D eigenvalue weighted by Crippen LogP contribution is -2.41. The van der Waals surface area contributed by atoms with Crippen LogP contribution >= 0.6 is 0 Å². The summed E-state index contributed by atoms with van der Waals surface area (Å²) in [4.78, 5) is 0. The fourth-order valence-electron chi connectivity index (χ4n) is 3.12. The van der Waals surface area contributed by atoms with Crippen LogP contribution in [0.25, 0.3) is 0 Å². The largest absolute Gasteiger partial charge is 0.498 e. The molecule has 0 spiro atoms. The predicted molar refractivity (Wildman–Crippen MR) is 96.1 cm³/mol. The third kappa shape index (κ3) is 3.62. The van der Waals surface area contributed by atoms with Crippen LogP contribution in [-0.4, -0.2) is 27.8 Å². The molecule has 2 fully saturated rings. The van der Waals surface area contributed by atoms with Crippen molar-refractivity contribution in [2.45, 2.75) is 69.8 Å². The van der Waals surface area contributed by atoms with Crippen LogP contribution in [0, 0.1) is 11.6 Å². The van der Waals surface area contributed by atoms with E-state index in [1.165, 1.54) is 0 Å². The van der Waals surface area contributed by atoms with E-state index in [1.807, 2.05) is 27.7 Å². The Hall–Kier alpha value is -0.985. The van der Waals surface area contributed by atoms with Crippen molar-refractivity contribution < 1.29 is 22.3 Å². The summed E-state index contributed by atoms with van der Waals surface area (Å²) in [6, 6.07) is 2.10. The number of hydrogen-bond acceptors (Lipinski definition) is 3. The van der Waals surface area contributed by atoms with Gasteiger partial charge in [0, 0.05) is 11.5 Å². The van der Waals surface area contributed by atoms with E-state index < -0.39 is 40.9 Å². The Labute approximate surface area is 150 Å². The summed E-state index contributed by atoms with van der Waals surface area (Å²) in [6.45, 7) is 7.38. The van der Waals surface area contributed by atoms with Crippen LogP contribution in [0.5, 0.6) is 0 Å². The molecule has 0 bridgehead atoms. The number of nitrogens with one attached hydrogen (secondary N) is 1. The van der Waals surface area contributed by atoms with E-state index >= 15 is 0 Å². The van der Waals surface area contributed by atoms with Gasteiger partial charge in [0.2, 0.25) is 0 Å². The highest BCUT2D eigenvalue weighted by Gasteiger charge is 2.52. The topological polar surface area (TPSA) is 47.6 Å². The van der Waals surface area contributed by atoms with E-state index in [-0.39, 0.29) is 16.4 Å². The molecule has 1 unspecified atom stereocenters. The third-order valence-electron chi connectivity index (χ3n) is 5.39. The van der Waals surface area contributed by atoms with Crippen molar-refractivity contribution in [1.29, 1.82) is 0 Å². The van der Waals surface area contributed by atoms with Crippen molar-refractivity contribution in [2.24, 2.45) is 0 Å². The molecular weight excluding hydrogens is 347 g/mol. The molecule has 1 aromatic rings. The van der Waals surface area contributed by atoms with Crippen LogP contribution in [0.4, 0.5) is 14.5 Å².